The van der Waals surface area contributed by atoms with Crippen LogP contribution in [-0.4, -0.2) is 22.0 Å². The quantitative estimate of drug-likeness (QED) is 0.455. The van der Waals surface area contributed by atoms with E-state index in [1.807, 2.05) is 43.5 Å². The number of rotatable bonds is 6. The van der Waals surface area contributed by atoms with Gasteiger partial charge in [0.15, 0.2) is 0 Å². The lowest BCUT2D eigenvalue weighted by atomic mass is 10.1. The number of hydrogen-bond acceptors (Lipinski definition) is 4. The second-order valence-electron chi connectivity index (χ2n) is 6.21. The molecule has 0 bridgehead atoms. The summed E-state index contributed by atoms with van der Waals surface area (Å²) in [5.41, 5.74) is 2.30. The molecule has 1 amide bonds. The molecule has 3 rings (SSSR count). The minimum absolute atomic E-state index is 0.0188. The molecule has 1 N–H and O–H groups in total. The summed E-state index contributed by atoms with van der Waals surface area (Å²) in [5, 5.41) is 14.8. The van der Waals surface area contributed by atoms with Crippen LogP contribution in [-0.2, 0) is 6.54 Å². The number of nitro benzene ring substituents is 1. The Bertz CT molecular complexity index is 1070. The number of nitro groups is 1. The molecule has 0 atom stereocenters. The molecule has 0 aliphatic heterocycles. The summed E-state index contributed by atoms with van der Waals surface area (Å²) < 4.78 is 7.49. The highest BCUT2D eigenvalue weighted by atomic mass is 35.5. The van der Waals surface area contributed by atoms with Crippen LogP contribution in [0.1, 0.15) is 29.9 Å². The standard InChI is InChI=1S/C20H20ClN3O4/c1-4-23-17-9-7-14(28-5-2)11-15(17)12(3)19(23)20(25)22-13-6-8-16(21)18(10-13)24(26)27/h6-11H,4-5H2,1-3H3,(H,22,25). The number of aromatic nitrogens is 1. The first-order valence-corrected chi connectivity index (χ1v) is 9.26. The molecule has 0 radical (unpaired) electrons. The first kappa shape index (κ1) is 19.7. The molecule has 0 fully saturated rings. The lowest BCUT2D eigenvalue weighted by molar-refractivity contribution is -0.384. The Kier molecular flexibility index (Phi) is 5.56. The van der Waals surface area contributed by atoms with Gasteiger partial charge in [-0.2, -0.15) is 0 Å². The van der Waals surface area contributed by atoms with Gasteiger partial charge in [0.1, 0.15) is 16.5 Å². The normalized spacial score (nSPS) is 10.9. The number of nitrogens with zero attached hydrogens (tertiary/aromatic N) is 2. The van der Waals surface area contributed by atoms with Gasteiger partial charge >= 0.3 is 0 Å². The molecule has 1 aromatic heterocycles. The van der Waals surface area contributed by atoms with Crippen LogP contribution in [0.5, 0.6) is 5.75 Å². The number of aryl methyl sites for hydroxylation is 2. The van der Waals surface area contributed by atoms with Gasteiger partial charge < -0.3 is 14.6 Å². The summed E-state index contributed by atoms with van der Waals surface area (Å²) in [7, 11) is 0. The highest BCUT2D eigenvalue weighted by molar-refractivity contribution is 6.32. The summed E-state index contributed by atoms with van der Waals surface area (Å²) in [6.45, 7) is 6.91. The van der Waals surface area contributed by atoms with E-state index in [1.165, 1.54) is 18.2 Å². The van der Waals surface area contributed by atoms with E-state index < -0.39 is 4.92 Å². The highest BCUT2D eigenvalue weighted by Gasteiger charge is 2.21. The molecule has 0 aliphatic carbocycles. The summed E-state index contributed by atoms with van der Waals surface area (Å²) >= 11 is 5.84. The molecule has 0 spiro atoms. The molecule has 0 saturated carbocycles. The van der Waals surface area contributed by atoms with E-state index in [9.17, 15) is 14.9 Å². The van der Waals surface area contributed by atoms with Crippen LogP contribution >= 0.6 is 11.6 Å². The van der Waals surface area contributed by atoms with Crippen molar-refractivity contribution >= 4 is 39.8 Å². The smallest absolute Gasteiger partial charge is 0.289 e. The van der Waals surface area contributed by atoms with Crippen molar-refractivity contribution in [3.63, 3.8) is 0 Å². The van der Waals surface area contributed by atoms with Gasteiger partial charge in [-0.05, 0) is 56.7 Å². The van der Waals surface area contributed by atoms with E-state index in [1.54, 1.807) is 0 Å². The predicted molar refractivity (Wildman–Crippen MR) is 110 cm³/mol. The van der Waals surface area contributed by atoms with E-state index in [-0.39, 0.29) is 16.6 Å². The maximum atomic E-state index is 13.0. The second kappa shape index (κ2) is 7.90. The number of nitrogens with one attached hydrogen (secondary N) is 1. The monoisotopic (exact) mass is 401 g/mol. The van der Waals surface area contributed by atoms with Crippen molar-refractivity contribution in [1.29, 1.82) is 0 Å². The van der Waals surface area contributed by atoms with E-state index in [0.29, 0.717) is 24.5 Å². The molecule has 28 heavy (non-hydrogen) atoms. The summed E-state index contributed by atoms with van der Waals surface area (Å²) in [5.74, 6) is 0.400. The summed E-state index contributed by atoms with van der Waals surface area (Å²) in [6.07, 6.45) is 0. The second-order valence-corrected chi connectivity index (χ2v) is 6.61. The number of hydrogen-bond donors (Lipinski definition) is 1. The summed E-state index contributed by atoms with van der Waals surface area (Å²) in [4.78, 5) is 23.5. The fraction of sp³-hybridized carbons (Fsp3) is 0.250. The minimum Gasteiger partial charge on any atom is -0.494 e. The number of ether oxygens (including phenoxy) is 1. The lowest BCUT2D eigenvalue weighted by Gasteiger charge is -2.10. The van der Waals surface area contributed by atoms with Crippen molar-refractivity contribution < 1.29 is 14.5 Å². The van der Waals surface area contributed by atoms with Crippen LogP contribution in [0.25, 0.3) is 10.9 Å². The van der Waals surface area contributed by atoms with Gasteiger partial charge in [0.25, 0.3) is 11.6 Å². The van der Waals surface area contributed by atoms with Crippen molar-refractivity contribution in [2.24, 2.45) is 0 Å². The van der Waals surface area contributed by atoms with Gasteiger partial charge in [0.05, 0.1) is 11.5 Å². The van der Waals surface area contributed by atoms with Crippen molar-refractivity contribution in [1.82, 2.24) is 4.57 Å². The van der Waals surface area contributed by atoms with Crippen LogP contribution in [0.4, 0.5) is 11.4 Å². The van der Waals surface area contributed by atoms with Crippen LogP contribution < -0.4 is 10.1 Å². The lowest BCUT2D eigenvalue weighted by Crippen LogP contribution is -2.18. The molecule has 8 heteroatoms. The topological polar surface area (TPSA) is 86.4 Å². The number of anilines is 1. The van der Waals surface area contributed by atoms with Crippen molar-refractivity contribution in [2.45, 2.75) is 27.3 Å². The van der Waals surface area contributed by atoms with Crippen molar-refractivity contribution in [2.75, 3.05) is 11.9 Å². The van der Waals surface area contributed by atoms with Crippen LogP contribution in [0.2, 0.25) is 5.02 Å². The number of carbonyl (C=O) groups excluding carboxylic acids is 1. The van der Waals surface area contributed by atoms with Crippen LogP contribution in [0.3, 0.4) is 0 Å². The Balaban J connectivity index is 2.03. The number of fused-ring (bicyclic) bond motifs is 1. The van der Waals surface area contributed by atoms with E-state index in [0.717, 1.165) is 22.2 Å². The first-order valence-electron chi connectivity index (χ1n) is 8.88. The summed E-state index contributed by atoms with van der Waals surface area (Å²) in [6, 6.07) is 9.91. The van der Waals surface area contributed by atoms with Gasteiger partial charge in [-0.25, -0.2) is 0 Å². The molecular weight excluding hydrogens is 382 g/mol. The Hall–Kier alpha value is -3.06. The highest BCUT2D eigenvalue weighted by Crippen LogP contribution is 2.31. The Morgan fingerprint density at radius 2 is 2.00 bits per heavy atom. The van der Waals surface area contributed by atoms with E-state index in [4.69, 9.17) is 16.3 Å². The fourth-order valence-corrected chi connectivity index (χ4v) is 3.49. The molecule has 2 aromatic carbocycles. The fourth-order valence-electron chi connectivity index (χ4n) is 3.30. The van der Waals surface area contributed by atoms with Crippen molar-refractivity contribution in [3.05, 3.63) is 62.8 Å². The van der Waals surface area contributed by atoms with Gasteiger partial charge in [0, 0.05) is 29.2 Å². The number of amides is 1. The maximum absolute atomic E-state index is 13.0. The SMILES string of the molecule is CCOc1ccc2c(c1)c(C)c(C(=O)Nc1ccc(Cl)c([N+](=O)[O-])c1)n2CC. The van der Waals surface area contributed by atoms with E-state index in [2.05, 4.69) is 5.32 Å². The number of carbonyl (C=O) groups is 1. The van der Waals surface area contributed by atoms with Crippen LogP contribution in [0.15, 0.2) is 36.4 Å². The molecule has 146 valence electrons. The predicted octanol–water partition coefficient (Wildman–Crippen LogP) is 5.18. The molecule has 7 nitrogen and oxygen atoms in total. The molecule has 0 saturated heterocycles. The number of benzene rings is 2. The molecule has 1 heterocycles. The maximum Gasteiger partial charge on any atom is 0.289 e. The minimum atomic E-state index is -0.582. The van der Waals surface area contributed by atoms with Gasteiger partial charge in [0.2, 0.25) is 0 Å². The molecular formula is C20H20ClN3O4. The zero-order valence-corrected chi connectivity index (χ0v) is 16.5. The number of halogens is 1. The van der Waals surface area contributed by atoms with Crippen LogP contribution in [0, 0.1) is 17.0 Å². The third-order valence-electron chi connectivity index (χ3n) is 4.53. The van der Waals surface area contributed by atoms with Gasteiger partial charge in [-0.3, -0.25) is 14.9 Å². The molecule has 0 unspecified atom stereocenters. The third kappa shape index (κ3) is 3.53. The zero-order valence-electron chi connectivity index (χ0n) is 15.8. The average molecular weight is 402 g/mol. The Morgan fingerprint density at radius 1 is 1.25 bits per heavy atom. The zero-order chi connectivity index (χ0) is 20.4. The average Bonchev–Trinajstić information content (AvgIpc) is 2.95. The largest absolute Gasteiger partial charge is 0.494 e. The third-order valence-corrected chi connectivity index (χ3v) is 4.85. The first-order chi connectivity index (χ1) is 13.4. The van der Waals surface area contributed by atoms with Gasteiger partial charge in [-0.15, -0.1) is 0 Å². The van der Waals surface area contributed by atoms with Gasteiger partial charge in [-0.1, -0.05) is 11.6 Å². The molecule has 3 aromatic rings. The Labute approximate surface area is 167 Å². The van der Waals surface area contributed by atoms with E-state index >= 15 is 0 Å². The van der Waals surface area contributed by atoms with Crippen molar-refractivity contribution in [3.8, 4) is 5.75 Å². The Morgan fingerprint density at radius 3 is 2.64 bits per heavy atom. The molecule has 0 aliphatic rings.